The van der Waals surface area contributed by atoms with Crippen molar-refractivity contribution in [1.29, 1.82) is 0 Å². The smallest absolute Gasteiger partial charge is 0.336 e. The molecule has 5 nitrogen and oxygen atoms in total. The Hall–Kier alpha value is -3.06. The maximum absolute atomic E-state index is 13.6. The summed E-state index contributed by atoms with van der Waals surface area (Å²) in [6.45, 7) is 1.79. The van der Waals surface area contributed by atoms with Gasteiger partial charge in [0, 0.05) is 42.9 Å². The molecule has 0 spiro atoms. The molecule has 1 aromatic heterocycles. The third kappa shape index (κ3) is 3.33. The van der Waals surface area contributed by atoms with E-state index in [2.05, 4.69) is 15.1 Å². The molecule has 7 heteroatoms. The topological polar surface area (TPSA) is 69.2 Å². The quantitative estimate of drug-likeness (QED) is 0.737. The van der Waals surface area contributed by atoms with Crippen LogP contribution in [0.25, 0.3) is 11.3 Å². The third-order valence-electron chi connectivity index (χ3n) is 4.85. The Labute approximate surface area is 154 Å². The van der Waals surface area contributed by atoms with Gasteiger partial charge in [0.15, 0.2) is 11.6 Å². The second-order valence-corrected chi connectivity index (χ2v) is 6.58. The van der Waals surface area contributed by atoms with Crippen LogP contribution in [0, 0.1) is 11.6 Å². The SMILES string of the molecule is O=C(O)c1ccccc1CN1CCc2[nH]nc(-c3ccc(F)c(F)c3)c2C1. The van der Waals surface area contributed by atoms with E-state index in [0.29, 0.717) is 24.3 Å². The van der Waals surface area contributed by atoms with Gasteiger partial charge in [-0.05, 0) is 29.8 Å². The molecule has 2 heterocycles. The minimum Gasteiger partial charge on any atom is -0.478 e. The number of carbonyl (C=O) groups is 1. The summed E-state index contributed by atoms with van der Waals surface area (Å²) in [5, 5.41) is 16.6. The summed E-state index contributed by atoms with van der Waals surface area (Å²) in [4.78, 5) is 13.5. The lowest BCUT2D eigenvalue weighted by molar-refractivity contribution is 0.0694. The fourth-order valence-corrected chi connectivity index (χ4v) is 3.48. The van der Waals surface area contributed by atoms with E-state index < -0.39 is 17.6 Å². The Morgan fingerprint density at radius 2 is 2.00 bits per heavy atom. The van der Waals surface area contributed by atoms with Gasteiger partial charge in [-0.2, -0.15) is 5.10 Å². The molecule has 0 saturated heterocycles. The van der Waals surface area contributed by atoms with E-state index in [-0.39, 0.29) is 5.56 Å². The van der Waals surface area contributed by atoms with Crippen molar-refractivity contribution in [3.63, 3.8) is 0 Å². The molecular weight excluding hydrogens is 352 g/mol. The summed E-state index contributed by atoms with van der Waals surface area (Å²) >= 11 is 0. The number of aromatic carboxylic acids is 1. The van der Waals surface area contributed by atoms with Gasteiger partial charge in [0.2, 0.25) is 0 Å². The van der Waals surface area contributed by atoms with E-state index in [1.807, 2.05) is 12.1 Å². The summed E-state index contributed by atoms with van der Waals surface area (Å²) in [5.74, 6) is -2.75. The zero-order chi connectivity index (χ0) is 19.0. The summed E-state index contributed by atoms with van der Waals surface area (Å²) in [7, 11) is 0. The first kappa shape index (κ1) is 17.4. The van der Waals surface area contributed by atoms with Crippen molar-refractivity contribution >= 4 is 5.97 Å². The van der Waals surface area contributed by atoms with Gasteiger partial charge in [0.1, 0.15) is 0 Å². The molecule has 0 amide bonds. The fourth-order valence-electron chi connectivity index (χ4n) is 3.48. The highest BCUT2D eigenvalue weighted by molar-refractivity contribution is 5.89. The molecule has 4 rings (SSSR count). The molecule has 1 aliphatic heterocycles. The van der Waals surface area contributed by atoms with Crippen molar-refractivity contribution in [1.82, 2.24) is 15.1 Å². The summed E-state index contributed by atoms with van der Waals surface area (Å²) in [5.41, 5.74) is 4.04. The van der Waals surface area contributed by atoms with Crippen molar-refractivity contribution in [2.45, 2.75) is 19.5 Å². The molecule has 0 bridgehead atoms. The zero-order valence-corrected chi connectivity index (χ0v) is 14.4. The second kappa shape index (κ2) is 6.92. The highest BCUT2D eigenvalue weighted by Gasteiger charge is 2.24. The van der Waals surface area contributed by atoms with E-state index in [1.165, 1.54) is 6.07 Å². The molecule has 2 aromatic carbocycles. The molecule has 0 unspecified atom stereocenters. The number of H-pyrrole nitrogens is 1. The Morgan fingerprint density at radius 1 is 1.19 bits per heavy atom. The van der Waals surface area contributed by atoms with Crippen molar-refractivity contribution in [3.8, 4) is 11.3 Å². The molecular formula is C20H17F2N3O2. The van der Waals surface area contributed by atoms with Crippen molar-refractivity contribution in [3.05, 3.63) is 76.5 Å². The number of aromatic amines is 1. The van der Waals surface area contributed by atoms with Crippen LogP contribution in [-0.2, 0) is 19.5 Å². The molecule has 0 atom stereocenters. The number of fused-ring (bicyclic) bond motifs is 1. The van der Waals surface area contributed by atoms with E-state index in [4.69, 9.17) is 0 Å². The largest absolute Gasteiger partial charge is 0.478 e. The zero-order valence-electron chi connectivity index (χ0n) is 14.4. The van der Waals surface area contributed by atoms with Gasteiger partial charge in [0.05, 0.1) is 11.3 Å². The van der Waals surface area contributed by atoms with Crippen LogP contribution in [0.4, 0.5) is 8.78 Å². The number of nitrogens with zero attached hydrogens (tertiary/aromatic N) is 2. The van der Waals surface area contributed by atoms with Crippen LogP contribution >= 0.6 is 0 Å². The van der Waals surface area contributed by atoms with Gasteiger partial charge in [-0.3, -0.25) is 10.00 Å². The lowest BCUT2D eigenvalue weighted by atomic mass is 9.99. The first-order chi connectivity index (χ1) is 13.0. The van der Waals surface area contributed by atoms with Crippen LogP contribution < -0.4 is 0 Å². The Kier molecular flexibility index (Phi) is 4.45. The van der Waals surface area contributed by atoms with Gasteiger partial charge in [0.25, 0.3) is 0 Å². The molecule has 138 valence electrons. The monoisotopic (exact) mass is 369 g/mol. The van der Waals surface area contributed by atoms with Gasteiger partial charge >= 0.3 is 5.97 Å². The number of aromatic nitrogens is 2. The predicted octanol–water partition coefficient (Wildman–Crippen LogP) is 3.61. The number of hydrogen-bond acceptors (Lipinski definition) is 3. The van der Waals surface area contributed by atoms with Crippen molar-refractivity contribution in [2.24, 2.45) is 0 Å². The van der Waals surface area contributed by atoms with E-state index in [0.717, 1.165) is 41.9 Å². The normalized spacial score (nSPS) is 14.1. The minimum absolute atomic E-state index is 0.288. The molecule has 2 N–H and O–H groups in total. The van der Waals surface area contributed by atoms with Crippen LogP contribution in [-0.4, -0.2) is 32.7 Å². The molecule has 1 aliphatic rings. The maximum atomic E-state index is 13.6. The van der Waals surface area contributed by atoms with Gasteiger partial charge < -0.3 is 5.11 Å². The highest BCUT2D eigenvalue weighted by Crippen LogP contribution is 2.30. The van der Waals surface area contributed by atoms with Crippen molar-refractivity contribution in [2.75, 3.05) is 6.54 Å². The standard InChI is InChI=1S/C20H17F2N3O2/c21-16-6-5-12(9-17(16)22)19-15-11-25(8-7-18(15)23-24-19)10-13-3-1-2-4-14(13)20(26)27/h1-6,9H,7-8,10-11H2,(H,23,24)(H,26,27). The molecule has 0 saturated carbocycles. The highest BCUT2D eigenvalue weighted by atomic mass is 19.2. The summed E-state index contributed by atoms with van der Waals surface area (Å²) in [6.07, 6.45) is 0.723. The number of carboxylic acids is 1. The number of benzene rings is 2. The predicted molar refractivity (Wildman–Crippen MR) is 95.2 cm³/mol. The summed E-state index contributed by atoms with van der Waals surface area (Å²) < 4.78 is 26.8. The Bertz CT molecular complexity index is 1020. The fraction of sp³-hybridized carbons (Fsp3) is 0.200. The van der Waals surface area contributed by atoms with Crippen molar-refractivity contribution < 1.29 is 18.7 Å². The number of carboxylic acid groups (broad SMARTS) is 1. The average molecular weight is 369 g/mol. The van der Waals surface area contributed by atoms with E-state index in [1.54, 1.807) is 12.1 Å². The molecule has 0 aliphatic carbocycles. The van der Waals surface area contributed by atoms with Gasteiger partial charge in [-0.15, -0.1) is 0 Å². The number of rotatable bonds is 4. The third-order valence-corrected chi connectivity index (χ3v) is 4.85. The first-order valence-electron chi connectivity index (χ1n) is 8.58. The summed E-state index contributed by atoms with van der Waals surface area (Å²) in [6, 6.07) is 10.7. The van der Waals surface area contributed by atoms with E-state index >= 15 is 0 Å². The Morgan fingerprint density at radius 3 is 2.78 bits per heavy atom. The number of halogens is 2. The molecule has 0 fully saturated rings. The second-order valence-electron chi connectivity index (χ2n) is 6.58. The van der Waals surface area contributed by atoms with Gasteiger partial charge in [-0.25, -0.2) is 13.6 Å². The number of nitrogens with one attached hydrogen (secondary N) is 1. The maximum Gasteiger partial charge on any atom is 0.336 e. The molecule has 3 aromatic rings. The average Bonchev–Trinajstić information content (AvgIpc) is 3.07. The van der Waals surface area contributed by atoms with Crippen LogP contribution in [0.15, 0.2) is 42.5 Å². The van der Waals surface area contributed by atoms with E-state index in [9.17, 15) is 18.7 Å². The van der Waals surface area contributed by atoms with Crippen LogP contribution in [0.3, 0.4) is 0 Å². The molecule has 27 heavy (non-hydrogen) atoms. The van der Waals surface area contributed by atoms with Crippen LogP contribution in [0.1, 0.15) is 27.2 Å². The lowest BCUT2D eigenvalue weighted by Crippen LogP contribution is -2.30. The first-order valence-corrected chi connectivity index (χ1v) is 8.58. The minimum atomic E-state index is -0.950. The molecule has 0 radical (unpaired) electrons. The number of hydrogen-bond donors (Lipinski definition) is 2. The Balaban J connectivity index is 1.61. The van der Waals surface area contributed by atoms with Crippen LogP contribution in [0.2, 0.25) is 0 Å². The van der Waals surface area contributed by atoms with Gasteiger partial charge in [-0.1, -0.05) is 18.2 Å². The van der Waals surface area contributed by atoms with Crippen LogP contribution in [0.5, 0.6) is 0 Å². The lowest BCUT2D eigenvalue weighted by Gasteiger charge is -2.27.